The molecule has 6 heteroatoms. The van der Waals surface area contributed by atoms with E-state index >= 15 is 0 Å². The Hall–Kier alpha value is -2.37. The number of carbonyl (C=O) groups is 2. The van der Waals surface area contributed by atoms with Gasteiger partial charge in [0.2, 0.25) is 11.8 Å². The van der Waals surface area contributed by atoms with Crippen LogP contribution in [0.3, 0.4) is 0 Å². The first-order chi connectivity index (χ1) is 13.7. The highest BCUT2D eigenvalue weighted by Gasteiger charge is 2.40. The van der Waals surface area contributed by atoms with Gasteiger partial charge in [0.1, 0.15) is 5.52 Å². The maximum absolute atomic E-state index is 13.0. The van der Waals surface area contributed by atoms with Crippen molar-refractivity contribution < 1.29 is 14.0 Å². The smallest absolute Gasteiger partial charge is 0.227 e. The van der Waals surface area contributed by atoms with Crippen LogP contribution in [-0.2, 0) is 9.59 Å². The predicted octanol–water partition coefficient (Wildman–Crippen LogP) is 3.32. The van der Waals surface area contributed by atoms with Gasteiger partial charge in [-0.15, -0.1) is 0 Å². The monoisotopic (exact) mass is 381 g/mol. The standard InChI is InChI=1S/C22H27N3O3/c26-20-13-16(14-25(20)17-5-1-2-6-17)22(27)24-11-9-15(10-12-24)21-23-18-7-3-4-8-19(18)28-21/h3-4,7-8,15-17H,1-2,5-6,9-14H2. The maximum atomic E-state index is 13.0. The molecule has 1 aliphatic carbocycles. The van der Waals surface area contributed by atoms with Gasteiger partial charge in [-0.05, 0) is 37.8 Å². The largest absolute Gasteiger partial charge is 0.440 e. The van der Waals surface area contributed by atoms with E-state index < -0.39 is 0 Å². The molecule has 148 valence electrons. The molecule has 1 saturated carbocycles. The van der Waals surface area contributed by atoms with E-state index in [4.69, 9.17) is 4.42 Å². The second kappa shape index (κ2) is 7.22. The van der Waals surface area contributed by atoms with Gasteiger partial charge in [-0.1, -0.05) is 25.0 Å². The molecule has 2 aromatic rings. The molecule has 2 aliphatic heterocycles. The molecule has 6 nitrogen and oxygen atoms in total. The Bertz CT molecular complexity index is 845. The highest BCUT2D eigenvalue weighted by Crippen LogP contribution is 2.33. The third kappa shape index (κ3) is 3.19. The summed E-state index contributed by atoms with van der Waals surface area (Å²) in [6.07, 6.45) is 6.73. The van der Waals surface area contributed by atoms with Crippen LogP contribution in [0.4, 0.5) is 0 Å². The number of piperidine rings is 1. The predicted molar refractivity (Wildman–Crippen MR) is 105 cm³/mol. The average Bonchev–Trinajstić information content (AvgIpc) is 3.46. The van der Waals surface area contributed by atoms with Crippen molar-refractivity contribution in [1.82, 2.24) is 14.8 Å². The minimum absolute atomic E-state index is 0.157. The van der Waals surface area contributed by atoms with Crippen LogP contribution in [0.5, 0.6) is 0 Å². The van der Waals surface area contributed by atoms with E-state index in [-0.39, 0.29) is 23.7 Å². The van der Waals surface area contributed by atoms with Gasteiger partial charge < -0.3 is 14.2 Å². The van der Waals surface area contributed by atoms with Gasteiger partial charge in [0, 0.05) is 38.0 Å². The fourth-order valence-corrected chi connectivity index (χ4v) is 5.14. The molecule has 2 saturated heterocycles. The maximum Gasteiger partial charge on any atom is 0.227 e. The number of hydrogen-bond donors (Lipinski definition) is 0. The van der Waals surface area contributed by atoms with Gasteiger partial charge in [-0.2, -0.15) is 0 Å². The van der Waals surface area contributed by atoms with Crippen molar-refractivity contribution in [3.63, 3.8) is 0 Å². The van der Waals surface area contributed by atoms with Crippen molar-refractivity contribution >= 4 is 22.9 Å². The first-order valence-electron chi connectivity index (χ1n) is 10.6. The number of rotatable bonds is 3. The lowest BCUT2D eigenvalue weighted by molar-refractivity contribution is -0.136. The van der Waals surface area contributed by atoms with Crippen LogP contribution in [0.2, 0.25) is 0 Å². The summed E-state index contributed by atoms with van der Waals surface area (Å²) in [5, 5.41) is 0. The highest BCUT2D eigenvalue weighted by molar-refractivity contribution is 5.89. The van der Waals surface area contributed by atoms with E-state index in [1.54, 1.807) is 0 Å². The van der Waals surface area contributed by atoms with E-state index in [1.807, 2.05) is 34.1 Å². The summed E-state index contributed by atoms with van der Waals surface area (Å²) < 4.78 is 5.92. The Balaban J connectivity index is 1.19. The fourth-order valence-electron chi connectivity index (χ4n) is 5.14. The molecule has 0 spiro atoms. The number of oxazole rings is 1. The van der Waals surface area contributed by atoms with Crippen molar-refractivity contribution in [3.8, 4) is 0 Å². The Labute approximate surface area is 164 Å². The number of benzene rings is 1. The van der Waals surface area contributed by atoms with Gasteiger partial charge in [-0.3, -0.25) is 9.59 Å². The lowest BCUT2D eigenvalue weighted by atomic mass is 9.95. The third-order valence-electron chi connectivity index (χ3n) is 6.74. The zero-order valence-electron chi connectivity index (χ0n) is 16.2. The Morgan fingerprint density at radius 1 is 1.07 bits per heavy atom. The lowest BCUT2D eigenvalue weighted by Gasteiger charge is -2.32. The number of fused-ring (bicyclic) bond motifs is 1. The van der Waals surface area contributed by atoms with E-state index in [0.29, 0.717) is 19.0 Å². The molecule has 0 radical (unpaired) electrons. The summed E-state index contributed by atoms with van der Waals surface area (Å²) in [6.45, 7) is 2.06. The second-order valence-electron chi connectivity index (χ2n) is 8.50. The van der Waals surface area contributed by atoms with E-state index in [2.05, 4.69) is 4.98 Å². The van der Waals surface area contributed by atoms with Crippen LogP contribution < -0.4 is 0 Å². The quantitative estimate of drug-likeness (QED) is 0.818. The normalized spacial score (nSPS) is 24.6. The zero-order chi connectivity index (χ0) is 19.1. The topological polar surface area (TPSA) is 66.7 Å². The number of carbonyl (C=O) groups excluding carboxylic acids is 2. The van der Waals surface area contributed by atoms with E-state index in [1.165, 1.54) is 12.8 Å². The van der Waals surface area contributed by atoms with E-state index in [0.717, 1.165) is 55.8 Å². The van der Waals surface area contributed by atoms with Gasteiger partial charge in [0.05, 0.1) is 5.92 Å². The summed E-state index contributed by atoms with van der Waals surface area (Å²) in [7, 11) is 0. The SMILES string of the molecule is O=C(C1CC(=O)N(C2CCCC2)C1)N1CCC(c2nc3ccccc3o2)CC1. The van der Waals surface area contributed by atoms with Crippen molar-refractivity contribution in [2.45, 2.75) is 56.9 Å². The first-order valence-corrected chi connectivity index (χ1v) is 10.6. The third-order valence-corrected chi connectivity index (χ3v) is 6.74. The number of aromatic nitrogens is 1. The van der Waals surface area contributed by atoms with Crippen molar-refractivity contribution in [2.75, 3.05) is 19.6 Å². The molecule has 1 unspecified atom stereocenters. The van der Waals surface area contributed by atoms with Crippen LogP contribution in [0.25, 0.3) is 11.1 Å². The number of likely N-dealkylation sites (tertiary alicyclic amines) is 2. The molecule has 3 fully saturated rings. The summed E-state index contributed by atoms with van der Waals surface area (Å²) in [6, 6.07) is 8.20. The van der Waals surface area contributed by atoms with Gasteiger partial charge in [-0.25, -0.2) is 4.98 Å². The molecular formula is C22H27N3O3. The summed E-state index contributed by atoms with van der Waals surface area (Å²) in [4.78, 5) is 34.0. The molecule has 28 heavy (non-hydrogen) atoms. The van der Waals surface area contributed by atoms with E-state index in [9.17, 15) is 9.59 Å². The number of nitrogens with zero attached hydrogens (tertiary/aromatic N) is 3. The van der Waals surface area contributed by atoms with Crippen molar-refractivity contribution in [3.05, 3.63) is 30.2 Å². The fraction of sp³-hybridized carbons (Fsp3) is 0.591. The highest BCUT2D eigenvalue weighted by atomic mass is 16.3. The molecule has 3 aliphatic rings. The second-order valence-corrected chi connectivity index (χ2v) is 8.50. The average molecular weight is 381 g/mol. The van der Waals surface area contributed by atoms with Crippen LogP contribution in [0, 0.1) is 5.92 Å². The molecule has 3 heterocycles. The summed E-state index contributed by atoms with van der Waals surface area (Å²) in [5.74, 6) is 1.22. The molecule has 0 N–H and O–H groups in total. The molecule has 1 aromatic carbocycles. The van der Waals surface area contributed by atoms with Gasteiger partial charge in [0.25, 0.3) is 0 Å². The molecule has 0 bridgehead atoms. The first kappa shape index (κ1) is 17.7. The van der Waals surface area contributed by atoms with Crippen molar-refractivity contribution in [1.29, 1.82) is 0 Å². The molecule has 1 aromatic heterocycles. The van der Waals surface area contributed by atoms with Crippen molar-refractivity contribution in [2.24, 2.45) is 5.92 Å². The Kier molecular flexibility index (Phi) is 4.57. The molecule has 2 amide bonds. The number of amides is 2. The van der Waals surface area contributed by atoms with Crippen LogP contribution in [0.1, 0.15) is 56.8 Å². The Morgan fingerprint density at radius 2 is 1.82 bits per heavy atom. The van der Waals surface area contributed by atoms with Gasteiger partial charge in [0.15, 0.2) is 11.5 Å². The molecule has 1 atom stereocenters. The lowest BCUT2D eigenvalue weighted by Crippen LogP contribution is -2.42. The van der Waals surface area contributed by atoms with Crippen LogP contribution in [-0.4, -0.2) is 52.3 Å². The minimum atomic E-state index is -0.158. The summed E-state index contributed by atoms with van der Waals surface area (Å²) in [5.41, 5.74) is 1.72. The zero-order valence-corrected chi connectivity index (χ0v) is 16.2. The van der Waals surface area contributed by atoms with Crippen LogP contribution in [0.15, 0.2) is 28.7 Å². The summed E-state index contributed by atoms with van der Waals surface area (Å²) >= 11 is 0. The number of hydrogen-bond acceptors (Lipinski definition) is 4. The number of para-hydroxylation sites is 2. The van der Waals surface area contributed by atoms with Crippen LogP contribution >= 0.6 is 0 Å². The Morgan fingerprint density at radius 3 is 2.57 bits per heavy atom. The molecular weight excluding hydrogens is 354 g/mol. The minimum Gasteiger partial charge on any atom is -0.440 e. The molecule has 5 rings (SSSR count). The van der Waals surface area contributed by atoms with Gasteiger partial charge >= 0.3 is 0 Å².